The first-order chi connectivity index (χ1) is 6.99. The fourth-order valence-corrected chi connectivity index (χ4v) is 1.93. The lowest BCUT2D eigenvalue weighted by Crippen LogP contribution is -2.30. The topological polar surface area (TPSA) is 41.0 Å². The van der Waals surface area contributed by atoms with Crippen molar-refractivity contribution < 1.29 is 4.79 Å². The van der Waals surface area contributed by atoms with Crippen LogP contribution < -0.4 is 0 Å². The van der Waals surface area contributed by atoms with Crippen LogP contribution in [0.15, 0.2) is 6.20 Å². The number of carbonyl (C=O) groups excluding carboxylic acids is 1. The molecule has 0 aliphatic carbocycles. The van der Waals surface area contributed by atoms with Crippen molar-refractivity contribution in [2.24, 2.45) is 0 Å². The fourth-order valence-electron chi connectivity index (χ4n) is 1.60. The van der Waals surface area contributed by atoms with Crippen LogP contribution in [0.4, 0.5) is 0 Å². The number of H-pyrrole nitrogens is 1. The molecule has 1 amide bonds. The summed E-state index contributed by atoms with van der Waals surface area (Å²) in [5.41, 5.74) is 1.06. The number of imidazole rings is 1. The summed E-state index contributed by atoms with van der Waals surface area (Å²) in [5.74, 6) is 0.0559. The lowest BCUT2D eigenvalue weighted by Gasteiger charge is -2.19. The molecule has 1 unspecified atom stereocenters. The maximum absolute atomic E-state index is 11.8. The zero-order valence-electron chi connectivity index (χ0n) is 9.57. The average Bonchev–Trinajstić information content (AvgIpc) is 2.57. The van der Waals surface area contributed by atoms with Gasteiger partial charge >= 0.3 is 0 Å². The van der Waals surface area contributed by atoms with E-state index >= 15 is 0 Å². The van der Waals surface area contributed by atoms with E-state index in [1.165, 1.54) is 0 Å². The second-order valence-electron chi connectivity index (χ2n) is 3.72. The van der Waals surface area contributed by atoms with Gasteiger partial charge < -0.3 is 14.5 Å². The van der Waals surface area contributed by atoms with Gasteiger partial charge in [0.1, 0.15) is 6.04 Å². The summed E-state index contributed by atoms with van der Waals surface area (Å²) in [4.78, 5) is 16.4. The Hall–Kier alpha value is -1.10. The molecule has 84 valence electrons. The molecule has 15 heavy (non-hydrogen) atoms. The van der Waals surface area contributed by atoms with Crippen LogP contribution in [0.2, 0.25) is 0 Å². The van der Waals surface area contributed by atoms with Crippen molar-refractivity contribution in [3.05, 3.63) is 16.7 Å². The maximum Gasteiger partial charge on any atom is 0.244 e. The molecule has 4 nitrogen and oxygen atoms in total. The van der Waals surface area contributed by atoms with Crippen LogP contribution in [0.5, 0.6) is 0 Å². The summed E-state index contributed by atoms with van der Waals surface area (Å²) >= 11 is 5.16. The van der Waals surface area contributed by atoms with E-state index in [-0.39, 0.29) is 11.9 Å². The van der Waals surface area contributed by atoms with Crippen LogP contribution in [-0.2, 0) is 11.2 Å². The van der Waals surface area contributed by atoms with Crippen molar-refractivity contribution in [2.75, 3.05) is 14.1 Å². The Bertz CT molecular complexity index is 405. The number of hydrogen-bond acceptors (Lipinski definition) is 2. The highest BCUT2D eigenvalue weighted by molar-refractivity contribution is 7.71. The van der Waals surface area contributed by atoms with Crippen molar-refractivity contribution in [3.63, 3.8) is 0 Å². The lowest BCUT2D eigenvalue weighted by molar-refractivity contribution is -0.131. The van der Waals surface area contributed by atoms with E-state index in [4.69, 9.17) is 12.2 Å². The number of nitrogens with one attached hydrogen (secondary N) is 1. The Morgan fingerprint density at radius 1 is 1.67 bits per heavy atom. The molecule has 0 aromatic carbocycles. The van der Waals surface area contributed by atoms with Gasteiger partial charge in [-0.05, 0) is 25.6 Å². The molecule has 0 saturated carbocycles. The molecule has 0 aliphatic heterocycles. The third-order valence-corrected chi connectivity index (χ3v) is 2.75. The number of likely N-dealkylation sites (N-methyl/N-ethyl adjacent to an activating group) is 1. The summed E-state index contributed by atoms with van der Waals surface area (Å²) in [6.07, 6.45) is 2.72. The van der Waals surface area contributed by atoms with Gasteiger partial charge in [-0.3, -0.25) is 4.79 Å². The molecule has 1 rings (SSSR count). The Labute approximate surface area is 94.9 Å². The zero-order valence-corrected chi connectivity index (χ0v) is 10.4. The van der Waals surface area contributed by atoms with Gasteiger partial charge in [0.05, 0.1) is 0 Å². The molecule has 0 spiro atoms. The fraction of sp³-hybridized carbons (Fsp3) is 0.600. The largest absolute Gasteiger partial charge is 0.347 e. The zero-order chi connectivity index (χ0) is 11.6. The van der Waals surface area contributed by atoms with Crippen molar-refractivity contribution in [1.29, 1.82) is 0 Å². The molecule has 1 atom stereocenters. The van der Waals surface area contributed by atoms with E-state index in [1.54, 1.807) is 19.0 Å². The molecular weight excluding hydrogens is 210 g/mol. The molecule has 1 heterocycles. The van der Waals surface area contributed by atoms with E-state index in [9.17, 15) is 4.79 Å². The quantitative estimate of drug-likeness (QED) is 0.799. The minimum Gasteiger partial charge on any atom is -0.347 e. The van der Waals surface area contributed by atoms with Gasteiger partial charge in [0.15, 0.2) is 4.77 Å². The third-order valence-electron chi connectivity index (χ3n) is 2.44. The summed E-state index contributed by atoms with van der Waals surface area (Å²) in [6.45, 7) is 3.91. The number of rotatable bonds is 3. The number of nitrogens with zero attached hydrogens (tertiary/aromatic N) is 2. The molecule has 5 heteroatoms. The summed E-state index contributed by atoms with van der Waals surface area (Å²) < 4.78 is 2.48. The molecule has 0 fully saturated rings. The standard InChI is InChI=1S/C10H17N3OS/c1-5-8-6-11-10(15)13(8)7(2)9(14)12(3)4/h6-7H,5H2,1-4H3,(H,11,15). The third kappa shape index (κ3) is 2.28. The molecule has 0 aliphatic rings. The Kier molecular flexibility index (Phi) is 3.68. The highest BCUT2D eigenvalue weighted by Crippen LogP contribution is 2.13. The second-order valence-corrected chi connectivity index (χ2v) is 4.10. The van der Waals surface area contributed by atoms with E-state index in [0.717, 1.165) is 12.1 Å². The van der Waals surface area contributed by atoms with Gasteiger partial charge in [-0.2, -0.15) is 0 Å². The molecule has 0 saturated heterocycles. The predicted molar refractivity (Wildman–Crippen MR) is 62.4 cm³/mol. The highest BCUT2D eigenvalue weighted by atomic mass is 32.1. The number of amides is 1. The van der Waals surface area contributed by atoms with Crippen LogP contribution in [0.3, 0.4) is 0 Å². The number of aromatic nitrogens is 2. The van der Waals surface area contributed by atoms with Crippen LogP contribution in [0, 0.1) is 4.77 Å². The number of aromatic amines is 1. The summed E-state index contributed by atoms with van der Waals surface area (Å²) in [6, 6.07) is -0.242. The first-order valence-corrected chi connectivity index (χ1v) is 5.39. The molecule has 0 bridgehead atoms. The number of hydrogen-bond donors (Lipinski definition) is 1. The Morgan fingerprint density at radius 2 is 2.27 bits per heavy atom. The molecule has 1 N–H and O–H groups in total. The van der Waals surface area contributed by atoms with E-state index < -0.39 is 0 Å². The number of aryl methyl sites for hydroxylation is 1. The smallest absolute Gasteiger partial charge is 0.244 e. The maximum atomic E-state index is 11.8. The van der Waals surface area contributed by atoms with E-state index in [0.29, 0.717) is 4.77 Å². The lowest BCUT2D eigenvalue weighted by atomic mass is 10.2. The van der Waals surface area contributed by atoms with Crippen molar-refractivity contribution in [2.45, 2.75) is 26.3 Å². The summed E-state index contributed by atoms with van der Waals surface area (Å²) in [7, 11) is 3.50. The van der Waals surface area contributed by atoms with Crippen molar-refractivity contribution in [1.82, 2.24) is 14.5 Å². The van der Waals surface area contributed by atoms with Crippen molar-refractivity contribution in [3.8, 4) is 0 Å². The van der Waals surface area contributed by atoms with Crippen molar-refractivity contribution >= 4 is 18.1 Å². The first-order valence-electron chi connectivity index (χ1n) is 4.99. The normalized spacial score (nSPS) is 12.5. The van der Waals surface area contributed by atoms with Gasteiger partial charge in [0.25, 0.3) is 0 Å². The highest BCUT2D eigenvalue weighted by Gasteiger charge is 2.19. The monoisotopic (exact) mass is 227 g/mol. The van der Waals surface area contributed by atoms with Gasteiger partial charge in [-0.25, -0.2) is 0 Å². The molecule has 1 aromatic heterocycles. The summed E-state index contributed by atoms with van der Waals surface area (Å²) in [5, 5.41) is 0. The Balaban J connectivity index is 3.10. The van der Waals surface area contributed by atoms with Gasteiger partial charge in [-0.1, -0.05) is 6.92 Å². The predicted octanol–water partition coefficient (Wildman–Crippen LogP) is 1.76. The van der Waals surface area contributed by atoms with Crippen LogP contribution >= 0.6 is 12.2 Å². The van der Waals surface area contributed by atoms with Gasteiger partial charge in [0.2, 0.25) is 5.91 Å². The molecule has 0 radical (unpaired) electrons. The molecular formula is C10H17N3OS. The second kappa shape index (κ2) is 4.61. The van der Waals surface area contributed by atoms with Crippen LogP contribution in [0.1, 0.15) is 25.6 Å². The number of carbonyl (C=O) groups is 1. The Morgan fingerprint density at radius 3 is 2.73 bits per heavy atom. The minimum absolute atomic E-state index is 0.0559. The molecule has 1 aromatic rings. The average molecular weight is 227 g/mol. The van der Waals surface area contributed by atoms with Gasteiger partial charge in [-0.15, -0.1) is 0 Å². The minimum atomic E-state index is -0.242. The van der Waals surface area contributed by atoms with Gasteiger partial charge in [0, 0.05) is 26.0 Å². The SMILES string of the molecule is CCc1c[nH]c(=S)n1C(C)C(=O)N(C)C. The van der Waals surface area contributed by atoms with Crippen LogP contribution in [-0.4, -0.2) is 34.5 Å². The van der Waals surface area contributed by atoms with E-state index in [2.05, 4.69) is 4.98 Å². The van der Waals surface area contributed by atoms with E-state index in [1.807, 2.05) is 24.6 Å². The van der Waals surface area contributed by atoms with Crippen LogP contribution in [0.25, 0.3) is 0 Å². The first kappa shape index (κ1) is 12.0.